The van der Waals surface area contributed by atoms with Crippen LogP contribution in [-0.2, 0) is 9.53 Å². The number of anilines is 2. The summed E-state index contributed by atoms with van der Waals surface area (Å²) in [6.45, 7) is 8.22. The number of carbonyl (C=O) groups excluding carboxylic acids is 2. The quantitative estimate of drug-likeness (QED) is 0.629. The van der Waals surface area contributed by atoms with Crippen molar-refractivity contribution in [3.8, 4) is 11.3 Å². The third-order valence-corrected chi connectivity index (χ3v) is 5.60. The molecule has 7 nitrogen and oxygen atoms in total. The number of nitrogens with one attached hydrogen (secondary N) is 1. The summed E-state index contributed by atoms with van der Waals surface area (Å²) in [7, 11) is 0. The maximum Gasteiger partial charge on any atom is 0.413 e. The van der Waals surface area contributed by atoms with Crippen LogP contribution in [0.1, 0.15) is 39.2 Å². The van der Waals surface area contributed by atoms with Gasteiger partial charge < -0.3 is 9.64 Å². The maximum atomic E-state index is 12.1. The number of nitrogens with zero attached hydrogens (tertiary/aromatic N) is 3. The van der Waals surface area contributed by atoms with E-state index in [4.69, 9.17) is 9.72 Å². The summed E-state index contributed by atoms with van der Waals surface area (Å²) in [5, 5.41) is 3.12. The van der Waals surface area contributed by atoms with Crippen LogP contribution in [0.2, 0.25) is 0 Å². The second-order valence-electron chi connectivity index (χ2n) is 8.32. The standard InChI is InChI=1S/C22H24N4O3S/c1-13-12-14(7-10-17(13)26-11-5-6-18(26)27)15-8-9-16-19(23-15)30-20(24-16)25-21(28)29-22(2,3)4/h7-10,12H,5-6,11H2,1-4H3,(H,24,25,28). The molecule has 2 aromatic heterocycles. The third kappa shape index (κ3) is 4.28. The van der Waals surface area contributed by atoms with Crippen molar-refractivity contribution >= 4 is 44.5 Å². The minimum Gasteiger partial charge on any atom is -0.444 e. The van der Waals surface area contributed by atoms with E-state index in [0.29, 0.717) is 17.1 Å². The molecule has 3 heterocycles. The molecule has 1 N–H and O–H groups in total. The van der Waals surface area contributed by atoms with Crippen LogP contribution in [0, 0.1) is 6.92 Å². The molecule has 0 radical (unpaired) electrons. The molecule has 0 atom stereocenters. The number of benzene rings is 1. The topological polar surface area (TPSA) is 84.4 Å². The molecule has 1 fully saturated rings. The summed E-state index contributed by atoms with van der Waals surface area (Å²) in [5.41, 5.74) is 3.93. The Hall–Kier alpha value is -3.00. The Kier molecular flexibility index (Phi) is 5.19. The van der Waals surface area contributed by atoms with E-state index in [1.807, 2.05) is 56.9 Å². The van der Waals surface area contributed by atoms with Crippen LogP contribution >= 0.6 is 11.3 Å². The lowest BCUT2D eigenvalue weighted by Crippen LogP contribution is -2.27. The van der Waals surface area contributed by atoms with Gasteiger partial charge in [-0.25, -0.2) is 14.8 Å². The van der Waals surface area contributed by atoms with E-state index < -0.39 is 11.7 Å². The Bertz CT molecular complexity index is 1130. The van der Waals surface area contributed by atoms with Crippen LogP contribution in [0.15, 0.2) is 30.3 Å². The number of thiazole rings is 1. The maximum absolute atomic E-state index is 12.1. The van der Waals surface area contributed by atoms with Crippen LogP contribution < -0.4 is 10.2 Å². The zero-order valence-corrected chi connectivity index (χ0v) is 18.3. The lowest BCUT2D eigenvalue weighted by molar-refractivity contribution is -0.117. The summed E-state index contributed by atoms with van der Waals surface area (Å²) in [4.78, 5) is 35.7. The van der Waals surface area contributed by atoms with E-state index in [9.17, 15) is 9.59 Å². The smallest absolute Gasteiger partial charge is 0.413 e. The number of hydrogen-bond donors (Lipinski definition) is 1. The predicted octanol–water partition coefficient (Wildman–Crippen LogP) is 5.14. The first-order chi connectivity index (χ1) is 14.2. The Balaban J connectivity index is 1.57. The highest BCUT2D eigenvalue weighted by atomic mass is 32.1. The van der Waals surface area contributed by atoms with Crippen molar-refractivity contribution < 1.29 is 14.3 Å². The summed E-state index contributed by atoms with van der Waals surface area (Å²) < 4.78 is 5.27. The number of amides is 2. The Morgan fingerprint density at radius 1 is 1.20 bits per heavy atom. The number of hydrogen-bond acceptors (Lipinski definition) is 6. The van der Waals surface area contributed by atoms with Gasteiger partial charge in [0.1, 0.15) is 15.9 Å². The van der Waals surface area contributed by atoms with Crippen molar-refractivity contribution in [3.05, 3.63) is 35.9 Å². The highest BCUT2D eigenvalue weighted by molar-refractivity contribution is 7.21. The van der Waals surface area contributed by atoms with Crippen molar-refractivity contribution in [2.75, 3.05) is 16.8 Å². The van der Waals surface area contributed by atoms with Gasteiger partial charge in [-0.1, -0.05) is 17.4 Å². The molecule has 4 rings (SSSR count). The van der Waals surface area contributed by atoms with Gasteiger partial charge in [-0.2, -0.15) is 0 Å². The van der Waals surface area contributed by atoms with Gasteiger partial charge in [0, 0.05) is 24.2 Å². The Morgan fingerprint density at radius 3 is 2.67 bits per heavy atom. The van der Waals surface area contributed by atoms with Gasteiger partial charge in [0.15, 0.2) is 5.13 Å². The summed E-state index contributed by atoms with van der Waals surface area (Å²) in [6.07, 6.45) is 0.984. The molecule has 0 bridgehead atoms. The average molecular weight is 425 g/mol. The van der Waals surface area contributed by atoms with Gasteiger partial charge in [0.25, 0.3) is 0 Å². The monoisotopic (exact) mass is 424 g/mol. The molecule has 0 saturated carbocycles. The number of carbonyl (C=O) groups is 2. The number of aryl methyl sites for hydroxylation is 1. The Morgan fingerprint density at radius 2 is 2.00 bits per heavy atom. The van der Waals surface area contributed by atoms with Crippen LogP contribution in [-0.4, -0.2) is 34.1 Å². The molecule has 8 heteroatoms. The molecule has 2 amide bonds. The summed E-state index contributed by atoms with van der Waals surface area (Å²) in [5.74, 6) is 0.181. The van der Waals surface area contributed by atoms with E-state index >= 15 is 0 Å². The molecule has 30 heavy (non-hydrogen) atoms. The van der Waals surface area contributed by atoms with Crippen LogP contribution in [0.4, 0.5) is 15.6 Å². The molecular formula is C22H24N4O3S. The first kappa shape index (κ1) is 20.3. The van der Waals surface area contributed by atoms with Gasteiger partial charge in [0.2, 0.25) is 5.91 Å². The zero-order valence-electron chi connectivity index (χ0n) is 17.5. The van der Waals surface area contributed by atoms with E-state index in [1.165, 1.54) is 11.3 Å². The number of fused-ring (bicyclic) bond motifs is 1. The molecule has 156 valence electrons. The van der Waals surface area contributed by atoms with Crippen molar-refractivity contribution in [1.82, 2.24) is 9.97 Å². The lowest BCUT2D eigenvalue weighted by atomic mass is 10.1. The van der Waals surface area contributed by atoms with Crippen molar-refractivity contribution in [2.45, 2.75) is 46.1 Å². The van der Waals surface area contributed by atoms with E-state index in [0.717, 1.165) is 40.3 Å². The molecule has 0 aliphatic carbocycles. The normalized spacial score (nSPS) is 14.4. The minimum atomic E-state index is -0.574. The second kappa shape index (κ2) is 7.68. The SMILES string of the molecule is Cc1cc(-c2ccc3nc(NC(=O)OC(C)(C)C)sc3n2)ccc1N1CCCC1=O. The predicted molar refractivity (Wildman–Crippen MR) is 119 cm³/mol. The second-order valence-corrected chi connectivity index (χ2v) is 9.29. The summed E-state index contributed by atoms with van der Waals surface area (Å²) >= 11 is 1.30. The van der Waals surface area contributed by atoms with Gasteiger partial charge in [0.05, 0.1) is 5.69 Å². The molecule has 3 aromatic rings. The van der Waals surface area contributed by atoms with Gasteiger partial charge in [-0.05, 0) is 63.9 Å². The van der Waals surface area contributed by atoms with Gasteiger partial charge in [-0.15, -0.1) is 0 Å². The Labute approximate surface area is 179 Å². The minimum absolute atomic E-state index is 0.181. The molecule has 0 unspecified atom stereocenters. The fraction of sp³-hybridized carbons (Fsp3) is 0.364. The van der Waals surface area contributed by atoms with Crippen molar-refractivity contribution in [2.24, 2.45) is 0 Å². The number of aromatic nitrogens is 2. The first-order valence-electron chi connectivity index (χ1n) is 9.88. The first-order valence-corrected chi connectivity index (χ1v) is 10.7. The van der Waals surface area contributed by atoms with Crippen molar-refractivity contribution in [1.29, 1.82) is 0 Å². The molecule has 0 spiro atoms. The van der Waals surface area contributed by atoms with E-state index in [1.54, 1.807) is 0 Å². The van der Waals surface area contributed by atoms with Gasteiger partial charge in [-0.3, -0.25) is 10.1 Å². The van der Waals surface area contributed by atoms with Crippen LogP contribution in [0.3, 0.4) is 0 Å². The molecular weight excluding hydrogens is 400 g/mol. The fourth-order valence-electron chi connectivity index (χ4n) is 3.44. The number of rotatable bonds is 3. The van der Waals surface area contributed by atoms with Crippen molar-refractivity contribution in [3.63, 3.8) is 0 Å². The van der Waals surface area contributed by atoms with Crippen LogP contribution in [0.25, 0.3) is 21.6 Å². The largest absolute Gasteiger partial charge is 0.444 e. The molecule has 1 aliphatic rings. The van der Waals surface area contributed by atoms with Crippen LogP contribution in [0.5, 0.6) is 0 Å². The average Bonchev–Trinajstić information content (AvgIpc) is 3.24. The van der Waals surface area contributed by atoms with E-state index in [2.05, 4.69) is 16.4 Å². The highest BCUT2D eigenvalue weighted by Crippen LogP contribution is 2.31. The highest BCUT2D eigenvalue weighted by Gasteiger charge is 2.23. The number of pyridine rings is 1. The number of ether oxygens (including phenoxy) is 1. The molecule has 1 aromatic carbocycles. The van der Waals surface area contributed by atoms with Gasteiger partial charge >= 0.3 is 6.09 Å². The molecule has 1 aliphatic heterocycles. The third-order valence-electron chi connectivity index (χ3n) is 4.72. The van der Waals surface area contributed by atoms with E-state index in [-0.39, 0.29) is 5.91 Å². The zero-order chi connectivity index (χ0) is 21.5. The summed E-state index contributed by atoms with van der Waals surface area (Å²) in [6, 6.07) is 9.83. The lowest BCUT2D eigenvalue weighted by Gasteiger charge is -2.19. The molecule has 1 saturated heterocycles. The fourth-order valence-corrected chi connectivity index (χ4v) is 4.27.